The molecule has 3 nitrogen and oxygen atoms in total. The summed E-state index contributed by atoms with van der Waals surface area (Å²) >= 11 is 0. The van der Waals surface area contributed by atoms with Crippen LogP contribution in [0.5, 0.6) is 0 Å². The van der Waals surface area contributed by atoms with Gasteiger partial charge in [0.15, 0.2) is 0 Å². The SMILES string of the molecule is CCC(CN)c1nc(C)cc(C(C)(C)C)n1. The smallest absolute Gasteiger partial charge is 0.133 e. The molecule has 0 fully saturated rings. The third kappa shape index (κ3) is 3.01. The van der Waals surface area contributed by atoms with Gasteiger partial charge in [-0.15, -0.1) is 0 Å². The highest BCUT2D eigenvalue weighted by molar-refractivity contribution is 5.18. The zero-order chi connectivity index (χ0) is 12.3. The topological polar surface area (TPSA) is 51.8 Å². The number of nitrogens with two attached hydrogens (primary N) is 1. The Labute approximate surface area is 98.5 Å². The number of aromatic nitrogens is 2. The minimum atomic E-state index is 0.0648. The van der Waals surface area contributed by atoms with Crippen LogP contribution in [0.1, 0.15) is 57.2 Å². The maximum atomic E-state index is 5.74. The molecule has 3 heteroatoms. The molecule has 0 amide bonds. The first-order chi connectivity index (χ1) is 7.38. The molecular weight excluding hydrogens is 198 g/mol. The lowest BCUT2D eigenvalue weighted by atomic mass is 9.91. The molecule has 0 aromatic carbocycles. The summed E-state index contributed by atoms with van der Waals surface area (Å²) < 4.78 is 0. The molecule has 0 saturated heterocycles. The fourth-order valence-corrected chi connectivity index (χ4v) is 1.61. The minimum Gasteiger partial charge on any atom is -0.330 e. The average Bonchev–Trinajstić information content (AvgIpc) is 2.17. The van der Waals surface area contributed by atoms with Crippen molar-refractivity contribution in [2.24, 2.45) is 5.73 Å². The van der Waals surface area contributed by atoms with Crippen molar-refractivity contribution < 1.29 is 0 Å². The predicted octanol–water partition coefficient (Wildman–Crippen LogP) is 2.53. The summed E-state index contributed by atoms with van der Waals surface area (Å²) in [6, 6.07) is 2.06. The lowest BCUT2D eigenvalue weighted by Crippen LogP contribution is -2.20. The highest BCUT2D eigenvalue weighted by Crippen LogP contribution is 2.23. The van der Waals surface area contributed by atoms with Gasteiger partial charge in [-0.3, -0.25) is 0 Å². The first kappa shape index (κ1) is 13.1. The molecule has 1 unspecified atom stereocenters. The summed E-state index contributed by atoms with van der Waals surface area (Å²) in [7, 11) is 0. The summed E-state index contributed by atoms with van der Waals surface area (Å²) in [5, 5.41) is 0. The first-order valence-electron chi connectivity index (χ1n) is 5.94. The Morgan fingerprint density at radius 3 is 2.38 bits per heavy atom. The van der Waals surface area contributed by atoms with E-state index in [0.717, 1.165) is 23.6 Å². The van der Waals surface area contributed by atoms with Crippen LogP contribution in [-0.2, 0) is 5.41 Å². The van der Waals surface area contributed by atoms with Gasteiger partial charge in [-0.1, -0.05) is 27.7 Å². The summed E-state index contributed by atoms with van der Waals surface area (Å²) in [5.41, 5.74) is 7.94. The Bertz CT molecular complexity index is 349. The van der Waals surface area contributed by atoms with Crippen molar-refractivity contribution in [2.75, 3.05) is 6.54 Å². The number of hydrogen-bond acceptors (Lipinski definition) is 3. The molecule has 0 aliphatic heterocycles. The summed E-state index contributed by atoms with van der Waals surface area (Å²) in [4.78, 5) is 9.15. The molecule has 16 heavy (non-hydrogen) atoms. The van der Waals surface area contributed by atoms with Crippen molar-refractivity contribution in [3.05, 3.63) is 23.3 Å². The number of hydrogen-bond donors (Lipinski definition) is 1. The van der Waals surface area contributed by atoms with E-state index >= 15 is 0 Å². The monoisotopic (exact) mass is 221 g/mol. The maximum Gasteiger partial charge on any atom is 0.133 e. The molecule has 1 aromatic rings. The van der Waals surface area contributed by atoms with E-state index in [0.29, 0.717) is 6.54 Å². The van der Waals surface area contributed by atoms with E-state index in [-0.39, 0.29) is 11.3 Å². The van der Waals surface area contributed by atoms with Gasteiger partial charge in [0.2, 0.25) is 0 Å². The molecule has 0 saturated carbocycles. The highest BCUT2D eigenvalue weighted by atomic mass is 14.9. The van der Waals surface area contributed by atoms with Gasteiger partial charge < -0.3 is 5.73 Å². The van der Waals surface area contributed by atoms with Crippen LogP contribution in [0, 0.1) is 6.92 Å². The van der Waals surface area contributed by atoms with Crippen LogP contribution in [0.25, 0.3) is 0 Å². The van der Waals surface area contributed by atoms with E-state index in [1.165, 1.54) is 0 Å². The zero-order valence-electron chi connectivity index (χ0n) is 11.0. The fraction of sp³-hybridized carbons (Fsp3) is 0.692. The Morgan fingerprint density at radius 2 is 1.94 bits per heavy atom. The third-order valence-corrected chi connectivity index (χ3v) is 2.78. The van der Waals surface area contributed by atoms with Gasteiger partial charge in [0.1, 0.15) is 5.82 Å². The van der Waals surface area contributed by atoms with Crippen molar-refractivity contribution >= 4 is 0 Å². The summed E-state index contributed by atoms with van der Waals surface area (Å²) in [6.45, 7) is 11.3. The second-order valence-corrected chi connectivity index (χ2v) is 5.34. The molecule has 0 aliphatic carbocycles. The molecular formula is C13H23N3. The molecule has 2 N–H and O–H groups in total. The summed E-state index contributed by atoms with van der Waals surface area (Å²) in [6.07, 6.45) is 0.990. The molecule has 0 bridgehead atoms. The fourth-order valence-electron chi connectivity index (χ4n) is 1.61. The molecule has 0 spiro atoms. The van der Waals surface area contributed by atoms with Gasteiger partial charge in [0.25, 0.3) is 0 Å². The number of rotatable bonds is 3. The van der Waals surface area contributed by atoms with E-state index in [4.69, 9.17) is 5.73 Å². The van der Waals surface area contributed by atoms with E-state index in [1.807, 2.05) is 6.92 Å². The number of nitrogens with zero attached hydrogens (tertiary/aromatic N) is 2. The predicted molar refractivity (Wildman–Crippen MR) is 67.6 cm³/mol. The van der Waals surface area contributed by atoms with E-state index in [2.05, 4.69) is 43.7 Å². The lowest BCUT2D eigenvalue weighted by Gasteiger charge is -2.20. The largest absolute Gasteiger partial charge is 0.330 e. The highest BCUT2D eigenvalue weighted by Gasteiger charge is 2.19. The molecule has 0 aliphatic rings. The van der Waals surface area contributed by atoms with Gasteiger partial charge in [0, 0.05) is 29.3 Å². The van der Waals surface area contributed by atoms with Gasteiger partial charge >= 0.3 is 0 Å². The van der Waals surface area contributed by atoms with Gasteiger partial charge in [0.05, 0.1) is 0 Å². The van der Waals surface area contributed by atoms with Crippen molar-refractivity contribution in [1.29, 1.82) is 0 Å². The average molecular weight is 221 g/mol. The second-order valence-electron chi connectivity index (χ2n) is 5.34. The number of aryl methyl sites for hydroxylation is 1. The van der Waals surface area contributed by atoms with E-state index < -0.39 is 0 Å². The van der Waals surface area contributed by atoms with Gasteiger partial charge in [-0.25, -0.2) is 9.97 Å². The Morgan fingerprint density at radius 1 is 1.31 bits per heavy atom. The van der Waals surface area contributed by atoms with Gasteiger partial charge in [-0.05, 0) is 19.4 Å². The van der Waals surface area contributed by atoms with E-state index in [1.54, 1.807) is 0 Å². The van der Waals surface area contributed by atoms with Crippen LogP contribution < -0.4 is 5.73 Å². The first-order valence-corrected chi connectivity index (χ1v) is 5.94. The van der Waals surface area contributed by atoms with Crippen molar-refractivity contribution in [3.63, 3.8) is 0 Å². The lowest BCUT2D eigenvalue weighted by molar-refractivity contribution is 0.546. The Hall–Kier alpha value is -0.960. The molecule has 0 radical (unpaired) electrons. The third-order valence-electron chi connectivity index (χ3n) is 2.78. The normalized spacial score (nSPS) is 13.9. The van der Waals surface area contributed by atoms with Crippen LogP contribution in [0.3, 0.4) is 0 Å². The molecule has 1 rings (SSSR count). The van der Waals surface area contributed by atoms with Crippen LogP contribution in [0.2, 0.25) is 0 Å². The maximum absolute atomic E-state index is 5.74. The quantitative estimate of drug-likeness (QED) is 0.853. The van der Waals surface area contributed by atoms with Crippen LogP contribution >= 0.6 is 0 Å². The van der Waals surface area contributed by atoms with Crippen molar-refractivity contribution in [1.82, 2.24) is 9.97 Å². The zero-order valence-corrected chi connectivity index (χ0v) is 11.0. The van der Waals surface area contributed by atoms with E-state index in [9.17, 15) is 0 Å². The standard InChI is InChI=1S/C13H23N3/c1-6-10(8-14)12-15-9(2)7-11(16-12)13(3,4)5/h7,10H,6,8,14H2,1-5H3. The summed E-state index contributed by atoms with van der Waals surface area (Å²) in [5.74, 6) is 1.18. The molecule has 1 heterocycles. The van der Waals surface area contributed by atoms with Crippen LogP contribution in [-0.4, -0.2) is 16.5 Å². The molecule has 90 valence electrons. The molecule has 1 aromatic heterocycles. The molecule has 1 atom stereocenters. The van der Waals surface area contributed by atoms with Crippen LogP contribution in [0.4, 0.5) is 0 Å². The Kier molecular flexibility index (Phi) is 4.03. The van der Waals surface area contributed by atoms with Crippen molar-refractivity contribution in [3.8, 4) is 0 Å². The minimum absolute atomic E-state index is 0.0648. The van der Waals surface area contributed by atoms with Crippen LogP contribution in [0.15, 0.2) is 6.07 Å². The second kappa shape index (κ2) is 4.91. The van der Waals surface area contributed by atoms with Gasteiger partial charge in [-0.2, -0.15) is 0 Å². The van der Waals surface area contributed by atoms with Crippen molar-refractivity contribution in [2.45, 2.75) is 52.4 Å². The Balaban J connectivity index is 3.17.